The van der Waals surface area contributed by atoms with Crippen molar-refractivity contribution in [3.8, 4) is 5.88 Å². The minimum Gasteiger partial charge on any atom is -0.493 e. The largest absolute Gasteiger partial charge is 0.493 e. The SMILES string of the molecule is O=c1n(Cc2cccc3ccccc23)cc(O)n1C(CS)Cc1ccccc1. The molecular weight excluding hydrogens is 368 g/mol. The summed E-state index contributed by atoms with van der Waals surface area (Å²) in [5, 5.41) is 12.7. The molecule has 1 N–H and O–H groups in total. The van der Waals surface area contributed by atoms with Crippen molar-refractivity contribution in [1.82, 2.24) is 9.13 Å². The van der Waals surface area contributed by atoms with Crippen molar-refractivity contribution in [2.24, 2.45) is 0 Å². The highest BCUT2D eigenvalue weighted by molar-refractivity contribution is 7.80. The van der Waals surface area contributed by atoms with Gasteiger partial charge in [0, 0.05) is 5.75 Å². The smallest absolute Gasteiger partial charge is 0.331 e. The highest BCUT2D eigenvalue weighted by atomic mass is 32.1. The standard InChI is InChI=1S/C23H22N2O2S/c26-22-15-24(14-19-11-6-10-18-9-4-5-12-21(18)19)23(27)25(22)20(16-28)13-17-7-2-1-3-8-17/h1-12,15,20,26,28H,13-14,16H2. The first-order valence-corrected chi connectivity index (χ1v) is 9.92. The molecule has 4 aromatic rings. The molecular formula is C23H22N2O2S. The molecule has 1 aromatic heterocycles. The van der Waals surface area contributed by atoms with Crippen LogP contribution in [0.15, 0.2) is 83.8 Å². The number of benzene rings is 3. The molecule has 3 aromatic carbocycles. The number of imidazole rings is 1. The van der Waals surface area contributed by atoms with Gasteiger partial charge in [0.05, 0.1) is 18.8 Å². The summed E-state index contributed by atoms with van der Waals surface area (Å²) >= 11 is 4.43. The lowest BCUT2D eigenvalue weighted by atomic mass is 10.0. The Morgan fingerprint density at radius 2 is 1.64 bits per heavy atom. The van der Waals surface area contributed by atoms with Crippen LogP contribution in [0.2, 0.25) is 0 Å². The van der Waals surface area contributed by atoms with E-state index < -0.39 is 0 Å². The van der Waals surface area contributed by atoms with Crippen LogP contribution in [0.25, 0.3) is 10.8 Å². The van der Waals surface area contributed by atoms with Gasteiger partial charge in [-0.15, -0.1) is 0 Å². The Balaban J connectivity index is 1.68. The lowest BCUT2D eigenvalue weighted by Crippen LogP contribution is -2.29. The Bertz CT molecular complexity index is 1140. The summed E-state index contributed by atoms with van der Waals surface area (Å²) < 4.78 is 3.02. The van der Waals surface area contributed by atoms with Crippen LogP contribution in [-0.2, 0) is 13.0 Å². The van der Waals surface area contributed by atoms with E-state index in [2.05, 4.69) is 30.8 Å². The number of fused-ring (bicyclic) bond motifs is 1. The van der Waals surface area contributed by atoms with Crippen LogP contribution in [0, 0.1) is 0 Å². The molecule has 0 spiro atoms. The van der Waals surface area contributed by atoms with Crippen molar-refractivity contribution in [3.63, 3.8) is 0 Å². The predicted molar refractivity (Wildman–Crippen MR) is 116 cm³/mol. The molecule has 0 fully saturated rings. The zero-order chi connectivity index (χ0) is 19.5. The summed E-state index contributed by atoms with van der Waals surface area (Å²) in [5.41, 5.74) is 1.93. The number of hydrogen-bond donors (Lipinski definition) is 2. The van der Waals surface area contributed by atoms with Gasteiger partial charge in [-0.25, -0.2) is 4.79 Å². The molecule has 4 nitrogen and oxygen atoms in total. The number of aromatic nitrogens is 2. The third kappa shape index (κ3) is 3.58. The third-order valence-electron chi connectivity index (χ3n) is 5.08. The number of aromatic hydroxyl groups is 1. The second-order valence-electron chi connectivity index (χ2n) is 6.93. The van der Waals surface area contributed by atoms with Crippen LogP contribution < -0.4 is 5.69 Å². The molecule has 0 amide bonds. The van der Waals surface area contributed by atoms with Gasteiger partial charge in [-0.3, -0.25) is 9.13 Å². The topological polar surface area (TPSA) is 47.2 Å². The molecule has 1 unspecified atom stereocenters. The molecule has 5 heteroatoms. The molecule has 0 saturated carbocycles. The first-order valence-electron chi connectivity index (χ1n) is 9.29. The van der Waals surface area contributed by atoms with Gasteiger partial charge in [0.15, 0.2) is 0 Å². The fourth-order valence-electron chi connectivity index (χ4n) is 3.69. The van der Waals surface area contributed by atoms with Gasteiger partial charge in [0.25, 0.3) is 0 Å². The van der Waals surface area contributed by atoms with E-state index in [9.17, 15) is 9.90 Å². The Morgan fingerprint density at radius 1 is 0.929 bits per heavy atom. The molecule has 0 aliphatic rings. The zero-order valence-corrected chi connectivity index (χ0v) is 16.3. The van der Waals surface area contributed by atoms with Crippen molar-refractivity contribution in [2.75, 3.05) is 5.75 Å². The number of nitrogens with zero attached hydrogens (tertiary/aromatic N) is 2. The number of hydrogen-bond acceptors (Lipinski definition) is 3. The Morgan fingerprint density at radius 3 is 2.43 bits per heavy atom. The van der Waals surface area contributed by atoms with Crippen LogP contribution in [0.4, 0.5) is 0 Å². The van der Waals surface area contributed by atoms with Gasteiger partial charge in [0.2, 0.25) is 5.88 Å². The maximum absolute atomic E-state index is 13.1. The normalized spacial score (nSPS) is 12.3. The van der Waals surface area contributed by atoms with E-state index in [1.165, 1.54) is 10.8 Å². The molecule has 0 saturated heterocycles. The van der Waals surface area contributed by atoms with Gasteiger partial charge < -0.3 is 5.11 Å². The summed E-state index contributed by atoms with van der Waals surface area (Å²) in [5.74, 6) is 0.431. The average Bonchev–Trinajstić information content (AvgIpc) is 3.00. The second-order valence-corrected chi connectivity index (χ2v) is 7.30. The van der Waals surface area contributed by atoms with Crippen LogP contribution in [0.3, 0.4) is 0 Å². The molecule has 4 rings (SSSR count). The van der Waals surface area contributed by atoms with E-state index in [1.807, 2.05) is 54.6 Å². The van der Waals surface area contributed by atoms with E-state index in [0.717, 1.165) is 21.9 Å². The van der Waals surface area contributed by atoms with Crippen molar-refractivity contribution in [3.05, 3.63) is 101 Å². The third-order valence-corrected chi connectivity index (χ3v) is 5.50. The number of rotatable bonds is 6. The number of thiol groups is 1. The van der Waals surface area contributed by atoms with Crippen LogP contribution in [0.5, 0.6) is 5.88 Å². The van der Waals surface area contributed by atoms with E-state index in [4.69, 9.17) is 0 Å². The van der Waals surface area contributed by atoms with Crippen molar-refractivity contribution < 1.29 is 5.11 Å². The molecule has 0 aliphatic heterocycles. The molecule has 142 valence electrons. The lowest BCUT2D eigenvalue weighted by Gasteiger charge is -2.16. The van der Waals surface area contributed by atoms with Gasteiger partial charge in [-0.2, -0.15) is 12.6 Å². The van der Waals surface area contributed by atoms with Gasteiger partial charge in [0.1, 0.15) is 0 Å². The summed E-state index contributed by atoms with van der Waals surface area (Å²) in [6.07, 6.45) is 2.15. The second kappa shape index (κ2) is 7.98. The van der Waals surface area contributed by atoms with Crippen LogP contribution in [-0.4, -0.2) is 20.0 Å². The van der Waals surface area contributed by atoms with Crippen molar-refractivity contribution in [2.45, 2.75) is 19.0 Å². The summed E-state index contributed by atoms with van der Waals surface area (Å²) in [4.78, 5) is 13.1. The summed E-state index contributed by atoms with van der Waals surface area (Å²) in [6.45, 7) is 0.408. The van der Waals surface area contributed by atoms with Gasteiger partial charge in [-0.1, -0.05) is 72.8 Å². The highest BCUT2D eigenvalue weighted by Gasteiger charge is 2.19. The minimum absolute atomic E-state index is 0.0276. The Labute approximate surface area is 169 Å². The Hall–Kier alpha value is -2.92. The van der Waals surface area contributed by atoms with Crippen LogP contribution in [0.1, 0.15) is 17.2 Å². The highest BCUT2D eigenvalue weighted by Crippen LogP contribution is 2.22. The fourth-order valence-corrected chi connectivity index (χ4v) is 3.98. The summed E-state index contributed by atoms with van der Waals surface area (Å²) in [6, 6.07) is 23.9. The first-order chi connectivity index (χ1) is 13.7. The summed E-state index contributed by atoms with van der Waals surface area (Å²) in [7, 11) is 0. The first kappa shape index (κ1) is 18.4. The molecule has 1 atom stereocenters. The monoisotopic (exact) mass is 390 g/mol. The zero-order valence-electron chi connectivity index (χ0n) is 15.4. The maximum atomic E-state index is 13.1. The molecule has 0 bridgehead atoms. The van der Waals surface area contributed by atoms with E-state index >= 15 is 0 Å². The lowest BCUT2D eigenvalue weighted by molar-refractivity contribution is 0.386. The minimum atomic E-state index is -0.222. The molecule has 28 heavy (non-hydrogen) atoms. The maximum Gasteiger partial charge on any atom is 0.331 e. The van der Waals surface area contributed by atoms with E-state index in [0.29, 0.717) is 18.7 Å². The molecule has 0 aliphatic carbocycles. The van der Waals surface area contributed by atoms with E-state index in [1.54, 1.807) is 4.57 Å². The quantitative estimate of drug-likeness (QED) is 0.483. The van der Waals surface area contributed by atoms with Crippen LogP contribution >= 0.6 is 12.6 Å². The van der Waals surface area contributed by atoms with Crippen molar-refractivity contribution >= 4 is 23.4 Å². The van der Waals surface area contributed by atoms with Gasteiger partial charge in [-0.05, 0) is 28.3 Å². The molecule has 0 radical (unpaired) electrons. The van der Waals surface area contributed by atoms with Gasteiger partial charge >= 0.3 is 5.69 Å². The predicted octanol–water partition coefficient (Wildman–Crippen LogP) is 4.27. The van der Waals surface area contributed by atoms with E-state index in [-0.39, 0.29) is 17.6 Å². The molecule has 1 heterocycles. The average molecular weight is 391 g/mol. The Kier molecular flexibility index (Phi) is 5.26. The fraction of sp³-hybridized carbons (Fsp3) is 0.174. The van der Waals surface area contributed by atoms with Crippen molar-refractivity contribution in [1.29, 1.82) is 0 Å².